The first kappa shape index (κ1) is 17.9. The van der Waals surface area contributed by atoms with E-state index in [2.05, 4.69) is 25.3 Å². The van der Waals surface area contributed by atoms with Gasteiger partial charge in [-0.2, -0.15) is 16.7 Å². The molecule has 0 aliphatic carbocycles. The van der Waals surface area contributed by atoms with Crippen LogP contribution in [0.5, 0.6) is 0 Å². The minimum Gasteiger partial charge on any atom is -0.344 e. The van der Waals surface area contributed by atoms with Gasteiger partial charge in [-0.1, -0.05) is 5.16 Å². The quantitative estimate of drug-likeness (QED) is 0.721. The molecule has 0 spiro atoms. The molecule has 0 saturated carbocycles. The molecule has 1 aliphatic rings. The molecule has 8 heteroatoms. The molecule has 0 bridgehead atoms. The standard InChI is InChI=1S/C17H23N5O2S/c1-13(17-20-16(21-24-17)14-4-6-18-7-5-14)19-15(23)12-25-11-10-22-8-2-3-9-22/h4-7,13H,2-3,8-12H2,1H3,(H,19,23)/t13-/m1/s1. The Morgan fingerprint density at radius 2 is 2.12 bits per heavy atom. The highest BCUT2D eigenvalue weighted by molar-refractivity contribution is 7.99. The highest BCUT2D eigenvalue weighted by Gasteiger charge is 2.17. The fourth-order valence-electron chi connectivity index (χ4n) is 2.74. The van der Waals surface area contributed by atoms with Crippen molar-refractivity contribution >= 4 is 17.7 Å². The summed E-state index contributed by atoms with van der Waals surface area (Å²) < 4.78 is 5.27. The van der Waals surface area contributed by atoms with Crippen LogP contribution < -0.4 is 5.32 Å². The first-order valence-electron chi connectivity index (χ1n) is 8.56. The van der Waals surface area contributed by atoms with E-state index in [-0.39, 0.29) is 11.9 Å². The van der Waals surface area contributed by atoms with Gasteiger partial charge in [0, 0.05) is 30.3 Å². The number of thioether (sulfide) groups is 1. The summed E-state index contributed by atoms with van der Waals surface area (Å²) in [5.41, 5.74) is 0.834. The minimum atomic E-state index is -0.310. The summed E-state index contributed by atoms with van der Waals surface area (Å²) >= 11 is 1.66. The number of hydrogen-bond donors (Lipinski definition) is 1. The molecule has 2 aromatic rings. The van der Waals surface area contributed by atoms with E-state index in [1.807, 2.05) is 19.1 Å². The molecule has 1 saturated heterocycles. The number of carbonyl (C=O) groups is 1. The number of carbonyl (C=O) groups excluding carboxylic acids is 1. The van der Waals surface area contributed by atoms with Gasteiger partial charge in [0.2, 0.25) is 17.6 Å². The van der Waals surface area contributed by atoms with Crippen LogP contribution in [0, 0.1) is 0 Å². The predicted molar refractivity (Wildman–Crippen MR) is 97.1 cm³/mol. The summed E-state index contributed by atoms with van der Waals surface area (Å²) in [7, 11) is 0. The van der Waals surface area contributed by atoms with E-state index < -0.39 is 0 Å². The van der Waals surface area contributed by atoms with Crippen molar-refractivity contribution in [1.82, 2.24) is 25.3 Å². The van der Waals surface area contributed by atoms with Gasteiger partial charge in [0.15, 0.2) is 0 Å². The molecule has 1 aliphatic heterocycles. The smallest absolute Gasteiger partial charge is 0.249 e. The van der Waals surface area contributed by atoms with Crippen molar-refractivity contribution in [3.63, 3.8) is 0 Å². The lowest BCUT2D eigenvalue weighted by Gasteiger charge is -2.14. The highest BCUT2D eigenvalue weighted by atomic mass is 32.2. The van der Waals surface area contributed by atoms with Crippen LogP contribution in [0.25, 0.3) is 11.4 Å². The van der Waals surface area contributed by atoms with Gasteiger partial charge in [0.05, 0.1) is 5.75 Å². The zero-order valence-corrected chi connectivity index (χ0v) is 15.2. The van der Waals surface area contributed by atoms with Crippen LogP contribution in [0.1, 0.15) is 31.7 Å². The molecule has 0 unspecified atom stereocenters. The predicted octanol–water partition coefficient (Wildman–Crippen LogP) is 2.14. The second-order valence-electron chi connectivity index (χ2n) is 6.08. The SMILES string of the molecule is C[C@@H](NC(=O)CSCCN1CCCC1)c1nc(-c2ccncc2)no1. The molecule has 1 N–H and O–H groups in total. The first-order valence-corrected chi connectivity index (χ1v) is 9.71. The highest BCUT2D eigenvalue weighted by Crippen LogP contribution is 2.18. The van der Waals surface area contributed by atoms with Crippen LogP contribution in [-0.2, 0) is 4.79 Å². The lowest BCUT2D eigenvalue weighted by molar-refractivity contribution is -0.119. The average Bonchev–Trinajstić information content (AvgIpc) is 3.31. The monoisotopic (exact) mass is 361 g/mol. The molecular formula is C17H23N5O2S. The van der Waals surface area contributed by atoms with Crippen LogP contribution in [-0.4, -0.2) is 57.1 Å². The van der Waals surface area contributed by atoms with Crippen LogP contribution in [0.3, 0.4) is 0 Å². The van der Waals surface area contributed by atoms with Crippen molar-refractivity contribution < 1.29 is 9.32 Å². The third-order valence-electron chi connectivity index (χ3n) is 4.11. The van der Waals surface area contributed by atoms with Crippen molar-refractivity contribution in [3.05, 3.63) is 30.4 Å². The van der Waals surface area contributed by atoms with E-state index in [1.165, 1.54) is 25.9 Å². The Labute approximate surface area is 151 Å². The summed E-state index contributed by atoms with van der Waals surface area (Å²) in [4.78, 5) is 22.8. The number of amides is 1. The Balaban J connectivity index is 1.41. The molecule has 1 amide bonds. The molecule has 2 aromatic heterocycles. The maximum Gasteiger partial charge on any atom is 0.249 e. The zero-order valence-electron chi connectivity index (χ0n) is 14.4. The molecule has 0 radical (unpaired) electrons. The van der Waals surface area contributed by atoms with Crippen LogP contribution in [0.4, 0.5) is 0 Å². The van der Waals surface area contributed by atoms with Gasteiger partial charge >= 0.3 is 0 Å². The number of aromatic nitrogens is 3. The molecule has 25 heavy (non-hydrogen) atoms. The Morgan fingerprint density at radius 1 is 1.36 bits per heavy atom. The number of rotatable bonds is 8. The normalized spacial score (nSPS) is 16.0. The summed E-state index contributed by atoms with van der Waals surface area (Å²) in [6.45, 7) is 5.30. The maximum absolute atomic E-state index is 12.1. The summed E-state index contributed by atoms with van der Waals surface area (Å²) in [6.07, 6.45) is 5.95. The summed E-state index contributed by atoms with van der Waals surface area (Å²) in [5.74, 6) is 2.32. The van der Waals surface area contributed by atoms with E-state index in [0.717, 1.165) is 17.9 Å². The summed E-state index contributed by atoms with van der Waals surface area (Å²) in [5, 5.41) is 6.87. The molecular weight excluding hydrogens is 338 g/mol. The third-order valence-corrected chi connectivity index (χ3v) is 5.05. The minimum absolute atomic E-state index is 0.0115. The van der Waals surface area contributed by atoms with Crippen LogP contribution in [0.15, 0.2) is 29.0 Å². The lowest BCUT2D eigenvalue weighted by Crippen LogP contribution is -2.29. The molecule has 0 aromatic carbocycles. The van der Waals surface area contributed by atoms with Gasteiger partial charge in [-0.15, -0.1) is 0 Å². The van der Waals surface area contributed by atoms with Crippen molar-refractivity contribution in [2.24, 2.45) is 0 Å². The molecule has 1 fully saturated rings. The fraction of sp³-hybridized carbons (Fsp3) is 0.529. The Kier molecular flexibility index (Phi) is 6.41. The second kappa shape index (κ2) is 8.96. The van der Waals surface area contributed by atoms with E-state index in [9.17, 15) is 4.79 Å². The Hall–Kier alpha value is -1.93. The van der Waals surface area contributed by atoms with Crippen molar-refractivity contribution in [2.75, 3.05) is 31.1 Å². The van der Waals surface area contributed by atoms with E-state index in [0.29, 0.717) is 17.5 Å². The molecule has 3 rings (SSSR count). The average molecular weight is 361 g/mol. The summed E-state index contributed by atoms with van der Waals surface area (Å²) in [6, 6.07) is 3.32. The van der Waals surface area contributed by atoms with E-state index in [4.69, 9.17) is 4.52 Å². The fourth-order valence-corrected chi connectivity index (χ4v) is 3.54. The van der Waals surface area contributed by atoms with Crippen LogP contribution in [0.2, 0.25) is 0 Å². The van der Waals surface area contributed by atoms with Gasteiger partial charge in [0.1, 0.15) is 6.04 Å². The number of likely N-dealkylation sites (tertiary alicyclic amines) is 1. The number of pyridine rings is 1. The molecule has 7 nitrogen and oxygen atoms in total. The molecule has 134 valence electrons. The largest absolute Gasteiger partial charge is 0.344 e. The first-order chi connectivity index (χ1) is 12.2. The maximum atomic E-state index is 12.1. The van der Waals surface area contributed by atoms with Gasteiger partial charge in [-0.3, -0.25) is 9.78 Å². The van der Waals surface area contributed by atoms with Crippen molar-refractivity contribution in [1.29, 1.82) is 0 Å². The van der Waals surface area contributed by atoms with Crippen molar-refractivity contribution in [3.8, 4) is 11.4 Å². The topological polar surface area (TPSA) is 84.2 Å². The molecule has 1 atom stereocenters. The van der Waals surface area contributed by atoms with Gasteiger partial charge < -0.3 is 14.7 Å². The van der Waals surface area contributed by atoms with Crippen LogP contribution >= 0.6 is 11.8 Å². The van der Waals surface area contributed by atoms with E-state index >= 15 is 0 Å². The molecule has 3 heterocycles. The number of nitrogens with one attached hydrogen (secondary N) is 1. The van der Waals surface area contributed by atoms with Crippen molar-refractivity contribution in [2.45, 2.75) is 25.8 Å². The zero-order chi connectivity index (χ0) is 17.5. The lowest BCUT2D eigenvalue weighted by atomic mass is 10.2. The number of hydrogen-bond acceptors (Lipinski definition) is 7. The Bertz CT molecular complexity index is 673. The van der Waals surface area contributed by atoms with E-state index in [1.54, 1.807) is 24.2 Å². The second-order valence-corrected chi connectivity index (χ2v) is 7.19. The van der Waals surface area contributed by atoms with Gasteiger partial charge in [0.25, 0.3) is 0 Å². The number of nitrogens with zero attached hydrogens (tertiary/aromatic N) is 4. The third kappa shape index (κ3) is 5.27. The Morgan fingerprint density at radius 3 is 2.88 bits per heavy atom. The van der Waals surface area contributed by atoms with Gasteiger partial charge in [-0.25, -0.2) is 0 Å². The van der Waals surface area contributed by atoms with Gasteiger partial charge in [-0.05, 0) is 45.0 Å².